The molecule has 3 aromatic rings. The molecule has 3 amide bonds. The normalized spacial score (nSPS) is 14.7. The molecule has 1 N–H and O–H groups in total. The first-order valence-corrected chi connectivity index (χ1v) is 10.6. The number of ether oxygens (including phenoxy) is 3. The van der Waals surface area contributed by atoms with Gasteiger partial charge in [-0.25, -0.2) is 4.79 Å². The molecule has 0 unspecified atom stereocenters. The van der Waals surface area contributed by atoms with Crippen LogP contribution >= 0.6 is 0 Å². The van der Waals surface area contributed by atoms with Crippen molar-refractivity contribution in [2.24, 2.45) is 0 Å². The average molecular weight is 447 g/mol. The van der Waals surface area contributed by atoms with Crippen molar-refractivity contribution in [3.8, 4) is 17.2 Å². The molecule has 0 aromatic heterocycles. The Labute approximate surface area is 192 Å². The lowest BCUT2D eigenvalue weighted by Gasteiger charge is -2.28. The van der Waals surface area contributed by atoms with Gasteiger partial charge in [-0.2, -0.15) is 0 Å². The zero-order valence-corrected chi connectivity index (χ0v) is 18.8. The van der Waals surface area contributed by atoms with Crippen molar-refractivity contribution in [3.63, 3.8) is 0 Å². The van der Waals surface area contributed by atoms with Crippen LogP contribution in [-0.2, 0) is 10.3 Å². The summed E-state index contributed by atoms with van der Waals surface area (Å²) in [4.78, 5) is 27.9. The van der Waals surface area contributed by atoms with Crippen LogP contribution in [0.2, 0.25) is 0 Å². The smallest absolute Gasteiger partial charge is 0.325 e. The maximum atomic E-state index is 13.8. The Bertz CT molecular complexity index is 1080. The fraction of sp³-hybridized carbons (Fsp3) is 0.231. The number of carbonyl (C=O) groups is 2. The van der Waals surface area contributed by atoms with Crippen molar-refractivity contribution in [2.45, 2.75) is 12.5 Å². The Balaban J connectivity index is 1.63. The zero-order valence-electron chi connectivity index (χ0n) is 18.8. The maximum Gasteiger partial charge on any atom is 0.325 e. The molecule has 170 valence electrons. The fourth-order valence-electron chi connectivity index (χ4n) is 3.91. The molecular weight excluding hydrogens is 420 g/mol. The zero-order chi connectivity index (χ0) is 23.4. The minimum absolute atomic E-state index is 0.118. The van der Waals surface area contributed by atoms with Gasteiger partial charge in [-0.05, 0) is 54.4 Å². The van der Waals surface area contributed by atoms with Gasteiger partial charge in [0.15, 0.2) is 5.54 Å². The standard InChI is InChI=1S/C26H26N2O5/c1-18-4-10-23(11-5-18)33-17-16-28-24(29)26(27-25(28)30,19-6-12-21(31-2)13-7-19)20-8-14-22(32-3)15-9-20/h4-15H,16-17H2,1-3H3,(H,27,30). The molecule has 33 heavy (non-hydrogen) atoms. The first kappa shape index (κ1) is 22.2. The number of urea groups is 1. The Kier molecular flexibility index (Phi) is 6.22. The molecule has 0 atom stereocenters. The van der Waals surface area contributed by atoms with Gasteiger partial charge in [-0.1, -0.05) is 42.0 Å². The molecule has 1 heterocycles. The third-order valence-corrected chi connectivity index (χ3v) is 5.76. The largest absolute Gasteiger partial charge is 0.497 e. The molecule has 7 heteroatoms. The summed E-state index contributed by atoms with van der Waals surface area (Å²) in [5.74, 6) is 1.63. The van der Waals surface area contributed by atoms with Gasteiger partial charge in [0.25, 0.3) is 5.91 Å². The van der Waals surface area contributed by atoms with Crippen LogP contribution in [0.3, 0.4) is 0 Å². The van der Waals surface area contributed by atoms with E-state index in [0.29, 0.717) is 28.4 Å². The number of benzene rings is 3. The maximum absolute atomic E-state index is 13.8. The molecule has 1 aliphatic rings. The van der Waals surface area contributed by atoms with Gasteiger partial charge in [0.2, 0.25) is 0 Å². The Hall–Kier alpha value is -4.00. The van der Waals surface area contributed by atoms with Crippen LogP contribution in [0, 0.1) is 6.92 Å². The quantitative estimate of drug-likeness (QED) is 0.532. The summed E-state index contributed by atoms with van der Waals surface area (Å²) in [5, 5.41) is 2.93. The number of amides is 3. The van der Waals surface area contributed by atoms with Crippen LogP contribution in [0.4, 0.5) is 4.79 Å². The molecule has 7 nitrogen and oxygen atoms in total. The van der Waals surface area contributed by atoms with Crippen LogP contribution in [-0.4, -0.2) is 44.2 Å². The van der Waals surface area contributed by atoms with Crippen molar-refractivity contribution < 1.29 is 23.8 Å². The van der Waals surface area contributed by atoms with Gasteiger partial charge in [0, 0.05) is 0 Å². The number of carbonyl (C=O) groups excluding carboxylic acids is 2. The van der Waals surface area contributed by atoms with Crippen molar-refractivity contribution in [2.75, 3.05) is 27.4 Å². The number of imide groups is 1. The highest BCUT2D eigenvalue weighted by Gasteiger charge is 2.53. The summed E-state index contributed by atoms with van der Waals surface area (Å²) >= 11 is 0. The van der Waals surface area contributed by atoms with Crippen molar-refractivity contribution in [1.82, 2.24) is 10.2 Å². The van der Waals surface area contributed by atoms with Crippen LogP contribution < -0.4 is 19.5 Å². The van der Waals surface area contributed by atoms with E-state index in [0.717, 1.165) is 5.56 Å². The number of rotatable bonds is 8. The Morgan fingerprint density at radius 3 is 1.73 bits per heavy atom. The van der Waals surface area contributed by atoms with E-state index in [2.05, 4.69) is 5.32 Å². The van der Waals surface area contributed by atoms with E-state index in [1.807, 2.05) is 31.2 Å². The number of aryl methyl sites for hydroxylation is 1. The summed E-state index contributed by atoms with van der Waals surface area (Å²) < 4.78 is 16.3. The lowest BCUT2D eigenvalue weighted by atomic mass is 9.82. The third-order valence-electron chi connectivity index (χ3n) is 5.76. The number of nitrogens with one attached hydrogen (secondary N) is 1. The van der Waals surface area contributed by atoms with Crippen LogP contribution in [0.15, 0.2) is 72.8 Å². The highest BCUT2D eigenvalue weighted by molar-refractivity contribution is 6.09. The van der Waals surface area contributed by atoms with Crippen LogP contribution in [0.1, 0.15) is 16.7 Å². The number of hydrogen-bond acceptors (Lipinski definition) is 5. The van der Waals surface area contributed by atoms with E-state index in [1.54, 1.807) is 62.8 Å². The summed E-state index contributed by atoms with van der Waals surface area (Å²) in [6.45, 7) is 2.30. The minimum atomic E-state index is -1.36. The molecule has 4 rings (SSSR count). The fourth-order valence-corrected chi connectivity index (χ4v) is 3.91. The first-order valence-electron chi connectivity index (χ1n) is 10.6. The molecule has 0 bridgehead atoms. The van der Waals surface area contributed by atoms with Crippen molar-refractivity contribution in [1.29, 1.82) is 0 Å². The summed E-state index contributed by atoms with van der Waals surface area (Å²) in [6, 6.07) is 21.4. The minimum Gasteiger partial charge on any atom is -0.497 e. The van der Waals surface area contributed by atoms with Gasteiger partial charge < -0.3 is 19.5 Å². The molecule has 1 aliphatic heterocycles. The number of nitrogens with zero attached hydrogens (tertiary/aromatic N) is 1. The predicted octanol–water partition coefficient (Wildman–Crippen LogP) is 3.89. The van der Waals surface area contributed by atoms with Gasteiger partial charge in [0.1, 0.15) is 23.9 Å². The summed E-state index contributed by atoms with van der Waals surface area (Å²) in [7, 11) is 3.15. The van der Waals surface area contributed by atoms with Gasteiger partial charge in [-0.15, -0.1) is 0 Å². The second-order valence-electron chi connectivity index (χ2n) is 7.76. The van der Waals surface area contributed by atoms with Gasteiger partial charge >= 0.3 is 6.03 Å². The molecule has 0 radical (unpaired) electrons. The molecule has 1 fully saturated rings. The van der Waals surface area contributed by atoms with Crippen LogP contribution in [0.5, 0.6) is 17.2 Å². The molecule has 0 aliphatic carbocycles. The second-order valence-corrected chi connectivity index (χ2v) is 7.76. The topological polar surface area (TPSA) is 77.1 Å². The van der Waals surface area contributed by atoms with E-state index >= 15 is 0 Å². The molecule has 3 aromatic carbocycles. The lowest BCUT2D eigenvalue weighted by molar-refractivity contribution is -0.130. The summed E-state index contributed by atoms with van der Waals surface area (Å²) in [6.07, 6.45) is 0. The highest BCUT2D eigenvalue weighted by atomic mass is 16.5. The molecule has 1 saturated heterocycles. The van der Waals surface area contributed by atoms with E-state index in [4.69, 9.17) is 14.2 Å². The Morgan fingerprint density at radius 1 is 0.758 bits per heavy atom. The van der Waals surface area contributed by atoms with Gasteiger partial charge in [0.05, 0.1) is 20.8 Å². The monoisotopic (exact) mass is 446 g/mol. The summed E-state index contributed by atoms with van der Waals surface area (Å²) in [5.41, 5.74) is 1.03. The van der Waals surface area contributed by atoms with Crippen molar-refractivity contribution >= 4 is 11.9 Å². The molecule has 0 spiro atoms. The SMILES string of the molecule is COc1ccc(C2(c3ccc(OC)cc3)NC(=O)N(CCOc3ccc(C)cc3)C2=O)cc1. The molecule has 0 saturated carbocycles. The number of hydrogen-bond donors (Lipinski definition) is 1. The predicted molar refractivity (Wildman–Crippen MR) is 124 cm³/mol. The first-order chi connectivity index (χ1) is 16.0. The highest BCUT2D eigenvalue weighted by Crippen LogP contribution is 2.37. The van der Waals surface area contributed by atoms with E-state index < -0.39 is 11.6 Å². The van der Waals surface area contributed by atoms with Crippen molar-refractivity contribution in [3.05, 3.63) is 89.5 Å². The van der Waals surface area contributed by atoms with E-state index in [-0.39, 0.29) is 19.1 Å². The lowest BCUT2D eigenvalue weighted by Crippen LogP contribution is -2.45. The van der Waals surface area contributed by atoms with Crippen LogP contribution in [0.25, 0.3) is 0 Å². The number of methoxy groups -OCH3 is 2. The third kappa shape index (κ3) is 4.22. The van der Waals surface area contributed by atoms with Gasteiger partial charge in [-0.3, -0.25) is 9.69 Å². The van der Waals surface area contributed by atoms with E-state index in [9.17, 15) is 9.59 Å². The molecular formula is C26H26N2O5. The average Bonchev–Trinajstić information content (AvgIpc) is 3.11. The van der Waals surface area contributed by atoms with E-state index in [1.165, 1.54) is 4.90 Å². The second kappa shape index (κ2) is 9.24. The Morgan fingerprint density at radius 2 is 1.24 bits per heavy atom.